The lowest BCUT2D eigenvalue weighted by atomic mass is 10.1. The summed E-state index contributed by atoms with van der Waals surface area (Å²) in [6.45, 7) is 0. The van der Waals surface area contributed by atoms with Gasteiger partial charge in [-0.25, -0.2) is 0 Å². The van der Waals surface area contributed by atoms with Gasteiger partial charge in [0.1, 0.15) is 0 Å². The molecule has 0 aliphatic rings. The summed E-state index contributed by atoms with van der Waals surface area (Å²) in [5.41, 5.74) is 0. The zero-order valence-electron chi connectivity index (χ0n) is 8.09. The average Bonchev–Trinajstić information content (AvgIpc) is 2.16. The van der Waals surface area contributed by atoms with Crippen molar-refractivity contribution in [3.05, 3.63) is 10.2 Å². The molecule has 0 atom stereocenters. The van der Waals surface area contributed by atoms with Gasteiger partial charge in [0.2, 0.25) is 0 Å². The van der Waals surface area contributed by atoms with E-state index in [0.29, 0.717) is 6.42 Å². The number of carbonyl (C=O) groups excluding carboxylic acids is 1. The molecule has 76 valence electrons. The molecular weight excluding hydrogens is 279 g/mol. The van der Waals surface area contributed by atoms with Crippen molar-refractivity contribution >= 4 is 28.6 Å². The van der Waals surface area contributed by atoms with Crippen LogP contribution in [0.1, 0.15) is 38.5 Å². The first-order chi connectivity index (χ1) is 6.31. The van der Waals surface area contributed by atoms with E-state index in [9.17, 15) is 4.79 Å². The third-order valence-corrected chi connectivity index (χ3v) is 2.33. The number of rotatable bonds is 7. The molecule has 0 unspecified atom stereocenters. The number of ether oxygens (including phenoxy) is 1. The highest BCUT2D eigenvalue weighted by Crippen LogP contribution is 2.06. The van der Waals surface area contributed by atoms with Gasteiger partial charge in [-0.15, -0.1) is 0 Å². The molecule has 0 rings (SSSR count). The maximum atomic E-state index is 10.7. The fraction of sp³-hybridized carbons (Fsp3) is 0.700. The average molecular weight is 296 g/mol. The maximum Gasteiger partial charge on any atom is 0.305 e. The minimum atomic E-state index is -0.0906. The summed E-state index contributed by atoms with van der Waals surface area (Å²) in [5.74, 6) is -0.0906. The van der Waals surface area contributed by atoms with Crippen molar-refractivity contribution in [3.63, 3.8) is 0 Å². The topological polar surface area (TPSA) is 26.3 Å². The first kappa shape index (κ1) is 12.9. The normalized spacial score (nSPS) is 10.6. The standard InChI is InChI=1S/C10H17IO2/c1-13-10(12)8-6-4-2-3-5-7-9-11/h7,9H,2-6,8H2,1H3. The molecule has 0 radical (unpaired) electrons. The van der Waals surface area contributed by atoms with Crippen LogP contribution in [0, 0.1) is 0 Å². The Kier molecular flexibility index (Phi) is 9.98. The van der Waals surface area contributed by atoms with E-state index in [1.54, 1.807) is 0 Å². The molecule has 0 aliphatic heterocycles. The van der Waals surface area contributed by atoms with E-state index >= 15 is 0 Å². The van der Waals surface area contributed by atoms with Crippen LogP contribution < -0.4 is 0 Å². The predicted octanol–water partition coefficient (Wildman–Crippen LogP) is 3.45. The molecule has 0 N–H and O–H groups in total. The summed E-state index contributed by atoms with van der Waals surface area (Å²) in [6.07, 6.45) is 8.41. The summed E-state index contributed by atoms with van der Waals surface area (Å²) in [6, 6.07) is 0. The number of hydrogen-bond donors (Lipinski definition) is 0. The zero-order chi connectivity index (χ0) is 9.94. The van der Waals surface area contributed by atoms with Crippen molar-refractivity contribution in [2.45, 2.75) is 38.5 Å². The van der Waals surface area contributed by atoms with Crippen LogP contribution in [-0.2, 0) is 9.53 Å². The van der Waals surface area contributed by atoms with Crippen molar-refractivity contribution < 1.29 is 9.53 Å². The van der Waals surface area contributed by atoms with Crippen molar-refractivity contribution in [1.29, 1.82) is 0 Å². The van der Waals surface area contributed by atoms with E-state index in [4.69, 9.17) is 0 Å². The van der Waals surface area contributed by atoms with Gasteiger partial charge in [-0.1, -0.05) is 41.5 Å². The van der Waals surface area contributed by atoms with E-state index in [0.717, 1.165) is 19.3 Å². The van der Waals surface area contributed by atoms with Crippen LogP contribution >= 0.6 is 22.6 Å². The SMILES string of the molecule is COC(=O)CCCCCCC=CI. The Morgan fingerprint density at radius 3 is 2.62 bits per heavy atom. The maximum absolute atomic E-state index is 10.7. The van der Waals surface area contributed by atoms with E-state index in [1.165, 1.54) is 20.0 Å². The van der Waals surface area contributed by atoms with Gasteiger partial charge >= 0.3 is 5.97 Å². The second-order valence-electron chi connectivity index (χ2n) is 2.89. The van der Waals surface area contributed by atoms with Crippen LogP contribution in [-0.4, -0.2) is 13.1 Å². The Labute approximate surface area is 93.9 Å². The lowest BCUT2D eigenvalue weighted by molar-refractivity contribution is -0.140. The van der Waals surface area contributed by atoms with Gasteiger partial charge in [-0.05, 0) is 23.3 Å². The van der Waals surface area contributed by atoms with Crippen LogP contribution in [0.2, 0.25) is 0 Å². The smallest absolute Gasteiger partial charge is 0.305 e. The molecule has 0 fully saturated rings. The van der Waals surface area contributed by atoms with E-state index in [-0.39, 0.29) is 5.97 Å². The molecular formula is C10H17IO2. The molecule has 0 bridgehead atoms. The van der Waals surface area contributed by atoms with Crippen LogP contribution in [0.4, 0.5) is 0 Å². The minimum absolute atomic E-state index is 0.0906. The summed E-state index contributed by atoms with van der Waals surface area (Å²) in [7, 11) is 1.44. The molecule has 0 saturated carbocycles. The monoisotopic (exact) mass is 296 g/mol. The molecule has 0 aromatic carbocycles. The van der Waals surface area contributed by atoms with Crippen LogP contribution in [0.25, 0.3) is 0 Å². The van der Waals surface area contributed by atoms with Gasteiger partial charge in [-0.2, -0.15) is 0 Å². The van der Waals surface area contributed by atoms with Gasteiger partial charge in [0, 0.05) is 6.42 Å². The third kappa shape index (κ3) is 9.86. The third-order valence-electron chi connectivity index (χ3n) is 1.82. The molecule has 0 spiro atoms. The number of halogens is 1. The molecule has 0 aromatic rings. The van der Waals surface area contributed by atoms with Gasteiger partial charge in [-0.3, -0.25) is 4.79 Å². The fourth-order valence-corrected chi connectivity index (χ4v) is 1.41. The van der Waals surface area contributed by atoms with Gasteiger partial charge in [0.15, 0.2) is 0 Å². The number of methoxy groups -OCH3 is 1. The number of allylic oxidation sites excluding steroid dienone is 1. The minimum Gasteiger partial charge on any atom is -0.469 e. The molecule has 0 aromatic heterocycles. The van der Waals surface area contributed by atoms with Gasteiger partial charge in [0.05, 0.1) is 7.11 Å². The lowest BCUT2D eigenvalue weighted by Gasteiger charge is -1.98. The predicted molar refractivity (Wildman–Crippen MR) is 62.9 cm³/mol. The molecule has 13 heavy (non-hydrogen) atoms. The van der Waals surface area contributed by atoms with Gasteiger partial charge in [0.25, 0.3) is 0 Å². The number of carbonyl (C=O) groups is 1. The molecule has 0 heterocycles. The number of unbranched alkanes of at least 4 members (excludes halogenated alkanes) is 4. The Balaban J connectivity index is 3.03. The Hall–Kier alpha value is -0.0600. The fourth-order valence-electron chi connectivity index (χ4n) is 1.05. The zero-order valence-corrected chi connectivity index (χ0v) is 10.2. The molecule has 3 heteroatoms. The Morgan fingerprint density at radius 2 is 2.00 bits per heavy atom. The summed E-state index contributed by atoms with van der Waals surface area (Å²) >= 11 is 2.23. The first-order valence-corrected chi connectivity index (χ1v) is 5.88. The second kappa shape index (κ2) is 10.0. The quantitative estimate of drug-likeness (QED) is 0.408. The molecule has 2 nitrogen and oxygen atoms in total. The van der Waals surface area contributed by atoms with E-state index in [2.05, 4.69) is 33.4 Å². The van der Waals surface area contributed by atoms with Crippen LogP contribution in [0.3, 0.4) is 0 Å². The summed E-state index contributed by atoms with van der Waals surface area (Å²) in [4.78, 5) is 10.7. The molecule has 0 saturated heterocycles. The highest BCUT2D eigenvalue weighted by molar-refractivity contribution is 14.1. The van der Waals surface area contributed by atoms with Crippen molar-refractivity contribution in [2.75, 3.05) is 7.11 Å². The Morgan fingerprint density at radius 1 is 1.31 bits per heavy atom. The van der Waals surface area contributed by atoms with E-state index < -0.39 is 0 Å². The molecule has 0 amide bonds. The Bertz CT molecular complexity index is 155. The lowest BCUT2D eigenvalue weighted by Crippen LogP contribution is -1.98. The van der Waals surface area contributed by atoms with E-state index in [1.807, 2.05) is 4.08 Å². The number of esters is 1. The van der Waals surface area contributed by atoms with Crippen molar-refractivity contribution in [3.8, 4) is 0 Å². The summed E-state index contributed by atoms with van der Waals surface area (Å²) < 4.78 is 6.59. The second-order valence-corrected chi connectivity index (χ2v) is 3.61. The largest absolute Gasteiger partial charge is 0.469 e. The number of hydrogen-bond acceptors (Lipinski definition) is 2. The van der Waals surface area contributed by atoms with Crippen molar-refractivity contribution in [1.82, 2.24) is 0 Å². The van der Waals surface area contributed by atoms with Crippen LogP contribution in [0.5, 0.6) is 0 Å². The highest BCUT2D eigenvalue weighted by Gasteiger charge is 1.98. The van der Waals surface area contributed by atoms with Crippen molar-refractivity contribution in [2.24, 2.45) is 0 Å². The first-order valence-electron chi connectivity index (χ1n) is 4.63. The van der Waals surface area contributed by atoms with Gasteiger partial charge < -0.3 is 4.74 Å². The highest BCUT2D eigenvalue weighted by atomic mass is 127. The summed E-state index contributed by atoms with van der Waals surface area (Å²) in [5, 5.41) is 0. The molecule has 0 aliphatic carbocycles. The van der Waals surface area contributed by atoms with Crippen LogP contribution in [0.15, 0.2) is 10.2 Å².